The molecule has 0 aliphatic carbocycles. The summed E-state index contributed by atoms with van der Waals surface area (Å²) < 4.78 is 15.2. The van der Waals surface area contributed by atoms with Crippen LogP contribution in [0.3, 0.4) is 0 Å². The molecular formula is C7H5O4Sn. The van der Waals surface area contributed by atoms with Gasteiger partial charge in [-0.3, -0.25) is 0 Å². The fourth-order valence-electron chi connectivity index (χ4n) is 0.907. The first-order chi connectivity index (χ1) is 5.90. The Hall–Kier alpha value is -0.911. The molecule has 0 aromatic heterocycles. The van der Waals surface area contributed by atoms with E-state index in [9.17, 15) is 4.79 Å². The fraction of sp³-hybridized carbons (Fsp3) is 0. The van der Waals surface area contributed by atoms with Crippen molar-refractivity contribution in [3.8, 4) is 11.5 Å². The van der Waals surface area contributed by atoms with E-state index in [-0.39, 0.29) is 0 Å². The maximum atomic E-state index is 9.98. The molecule has 0 saturated heterocycles. The Morgan fingerprint density at radius 3 is 2.33 bits per heavy atom. The van der Waals surface area contributed by atoms with Gasteiger partial charge in [-0.2, -0.15) is 0 Å². The molecule has 0 atom stereocenters. The predicted octanol–water partition coefficient (Wildman–Crippen LogP) is 0.616. The molecule has 1 aromatic carbocycles. The molecule has 0 amide bonds. The molecule has 0 spiro atoms. The summed E-state index contributed by atoms with van der Waals surface area (Å²) in [4.78, 5) is 9.98. The van der Waals surface area contributed by atoms with Gasteiger partial charge in [-0.15, -0.1) is 0 Å². The topological polar surface area (TPSA) is 44.8 Å². The average molecular weight is 272 g/mol. The summed E-state index contributed by atoms with van der Waals surface area (Å²) >= 11 is -2.78. The van der Waals surface area contributed by atoms with Crippen LogP contribution in [0.2, 0.25) is 0 Å². The van der Waals surface area contributed by atoms with E-state index in [1.54, 1.807) is 12.1 Å². The van der Waals surface area contributed by atoms with Gasteiger partial charge in [-0.05, 0) is 0 Å². The zero-order valence-electron chi connectivity index (χ0n) is 6.02. The third kappa shape index (κ3) is 1.34. The van der Waals surface area contributed by atoms with E-state index < -0.39 is 21.0 Å². The number of rotatable bonds is 2. The molecule has 61 valence electrons. The molecule has 0 saturated carbocycles. The standard InChI is InChI=1S/C6H6O2.CH2O2.Sn/c7-5-3-1-2-4-6(5)8;2-1-3;/h1-4,7-8H;1H,(H,2,3);/q;;+3/p-3. The number of benzene rings is 1. The molecule has 12 heavy (non-hydrogen) atoms. The van der Waals surface area contributed by atoms with Crippen molar-refractivity contribution in [2.45, 2.75) is 0 Å². The Labute approximate surface area is 77.4 Å². The Bertz CT molecular complexity index is 276. The Balaban J connectivity index is 2.16. The maximum absolute atomic E-state index is 9.98. The van der Waals surface area contributed by atoms with Gasteiger partial charge >= 0.3 is 77.3 Å². The quantitative estimate of drug-likeness (QED) is 0.584. The predicted molar refractivity (Wildman–Crippen MR) is 40.6 cm³/mol. The van der Waals surface area contributed by atoms with Crippen molar-refractivity contribution in [2.75, 3.05) is 0 Å². The van der Waals surface area contributed by atoms with Gasteiger partial charge in [-0.1, -0.05) is 0 Å². The monoisotopic (exact) mass is 273 g/mol. The van der Waals surface area contributed by atoms with Crippen LogP contribution in [-0.2, 0) is 7.87 Å². The van der Waals surface area contributed by atoms with E-state index >= 15 is 0 Å². The summed E-state index contributed by atoms with van der Waals surface area (Å²) in [6.45, 7) is 0.376. The first-order valence-corrected chi connectivity index (χ1v) is 6.81. The van der Waals surface area contributed by atoms with Gasteiger partial charge in [0.05, 0.1) is 0 Å². The SMILES string of the molecule is O=C[O][Sn]1[O]c2ccccc2[O]1. The summed E-state index contributed by atoms with van der Waals surface area (Å²) in [5.74, 6) is 1.35. The minimum atomic E-state index is -2.78. The molecular weight excluding hydrogens is 267 g/mol. The molecule has 0 unspecified atom stereocenters. The zero-order valence-corrected chi connectivity index (χ0v) is 8.87. The minimum absolute atomic E-state index is 0.376. The second-order valence-corrected chi connectivity index (χ2v) is 5.38. The fourth-order valence-corrected chi connectivity index (χ4v) is 3.51. The third-order valence-corrected chi connectivity index (χ3v) is 4.41. The van der Waals surface area contributed by atoms with Crippen molar-refractivity contribution in [2.24, 2.45) is 0 Å². The van der Waals surface area contributed by atoms with E-state index in [4.69, 9.17) is 6.15 Å². The zero-order chi connectivity index (χ0) is 8.39. The van der Waals surface area contributed by atoms with Crippen LogP contribution in [0.1, 0.15) is 0 Å². The van der Waals surface area contributed by atoms with Crippen LogP contribution in [-0.4, -0.2) is 27.5 Å². The van der Waals surface area contributed by atoms with Crippen LogP contribution in [0.5, 0.6) is 11.5 Å². The van der Waals surface area contributed by atoms with E-state index in [2.05, 4.69) is 3.07 Å². The van der Waals surface area contributed by atoms with Crippen molar-refractivity contribution in [3.05, 3.63) is 24.3 Å². The van der Waals surface area contributed by atoms with Gasteiger partial charge in [0.1, 0.15) is 0 Å². The summed E-state index contributed by atoms with van der Waals surface area (Å²) in [7, 11) is 0. The van der Waals surface area contributed by atoms with Gasteiger partial charge in [0.25, 0.3) is 0 Å². The molecule has 0 bridgehead atoms. The Morgan fingerprint density at radius 2 is 1.83 bits per heavy atom. The molecule has 1 aromatic rings. The molecule has 4 nitrogen and oxygen atoms in total. The second kappa shape index (κ2) is 3.22. The molecule has 0 fully saturated rings. The molecule has 1 heterocycles. The van der Waals surface area contributed by atoms with Gasteiger partial charge < -0.3 is 0 Å². The van der Waals surface area contributed by atoms with Crippen LogP contribution in [0.4, 0.5) is 0 Å². The van der Waals surface area contributed by atoms with E-state index in [0.717, 1.165) is 0 Å². The number of carbonyl (C=O) groups is 1. The van der Waals surface area contributed by atoms with Crippen molar-refractivity contribution >= 4 is 27.5 Å². The second-order valence-electron chi connectivity index (χ2n) is 2.11. The van der Waals surface area contributed by atoms with E-state index in [1.807, 2.05) is 12.1 Å². The molecule has 1 aliphatic heterocycles. The molecule has 5 heteroatoms. The van der Waals surface area contributed by atoms with E-state index in [0.29, 0.717) is 18.0 Å². The van der Waals surface area contributed by atoms with Crippen LogP contribution in [0, 0.1) is 0 Å². The number of fused-ring (bicyclic) bond motifs is 1. The van der Waals surface area contributed by atoms with Crippen LogP contribution in [0.25, 0.3) is 0 Å². The molecule has 0 N–H and O–H groups in total. The first-order valence-electron chi connectivity index (χ1n) is 3.32. The number of hydrogen-bond donors (Lipinski definition) is 0. The van der Waals surface area contributed by atoms with Gasteiger partial charge in [0, 0.05) is 0 Å². The van der Waals surface area contributed by atoms with E-state index in [1.165, 1.54) is 0 Å². The molecule has 1 radical (unpaired) electrons. The van der Waals surface area contributed by atoms with Crippen LogP contribution < -0.4 is 6.15 Å². The molecule has 1 aliphatic rings. The van der Waals surface area contributed by atoms with Crippen LogP contribution >= 0.6 is 0 Å². The molecule has 2 rings (SSSR count). The van der Waals surface area contributed by atoms with Crippen molar-refractivity contribution in [3.63, 3.8) is 0 Å². The average Bonchev–Trinajstić information content (AvgIpc) is 2.47. The third-order valence-electron chi connectivity index (χ3n) is 1.38. The first kappa shape index (κ1) is 7.72. The number of para-hydroxylation sites is 2. The van der Waals surface area contributed by atoms with Gasteiger partial charge in [0.2, 0.25) is 0 Å². The Morgan fingerprint density at radius 1 is 1.25 bits per heavy atom. The number of hydrogen-bond acceptors (Lipinski definition) is 4. The number of carbonyl (C=O) groups excluding carboxylic acids is 1. The van der Waals surface area contributed by atoms with Crippen molar-refractivity contribution in [1.82, 2.24) is 0 Å². The van der Waals surface area contributed by atoms with Crippen molar-refractivity contribution < 1.29 is 14.0 Å². The summed E-state index contributed by atoms with van der Waals surface area (Å²) in [5, 5.41) is 0. The Kier molecular flexibility index (Phi) is 2.07. The van der Waals surface area contributed by atoms with Crippen LogP contribution in [0.15, 0.2) is 24.3 Å². The summed E-state index contributed by atoms with van der Waals surface area (Å²) in [6, 6.07) is 7.26. The summed E-state index contributed by atoms with van der Waals surface area (Å²) in [5.41, 5.74) is 0. The van der Waals surface area contributed by atoms with Gasteiger partial charge in [0.15, 0.2) is 0 Å². The normalized spacial score (nSPS) is 14.3. The summed E-state index contributed by atoms with van der Waals surface area (Å²) in [6.07, 6.45) is 0. The van der Waals surface area contributed by atoms with Crippen molar-refractivity contribution in [1.29, 1.82) is 0 Å². The van der Waals surface area contributed by atoms with Gasteiger partial charge in [-0.25, -0.2) is 0 Å².